The summed E-state index contributed by atoms with van der Waals surface area (Å²) in [5.41, 5.74) is 8.07. The minimum atomic E-state index is 0.0798. The van der Waals surface area contributed by atoms with Crippen molar-refractivity contribution >= 4 is 5.78 Å². The first-order chi connectivity index (χ1) is 8.22. The van der Waals surface area contributed by atoms with Gasteiger partial charge in [-0.25, -0.2) is 4.68 Å². The van der Waals surface area contributed by atoms with E-state index in [1.54, 1.807) is 6.20 Å². The van der Waals surface area contributed by atoms with Crippen molar-refractivity contribution in [2.75, 3.05) is 6.54 Å². The molecule has 0 aliphatic heterocycles. The van der Waals surface area contributed by atoms with Crippen LogP contribution in [0.5, 0.6) is 0 Å². The van der Waals surface area contributed by atoms with Gasteiger partial charge in [0.25, 0.3) is 0 Å². The first-order valence-electron chi connectivity index (χ1n) is 5.56. The maximum atomic E-state index is 11.6. The van der Waals surface area contributed by atoms with Crippen LogP contribution in [-0.2, 0) is 0 Å². The number of nitrogens with two attached hydrogens (primary N) is 1. The standard InChI is InChI=1S/C13H15N3O/c1-10-7-9-15-16(10)12-4-2-11(3-5-12)13(17)6-8-14/h2-5,7,9H,6,8,14H2,1H3. The lowest BCUT2D eigenvalue weighted by Crippen LogP contribution is -2.08. The number of Topliss-reactive ketones (excluding diaryl/α,β-unsaturated/α-hetero) is 1. The summed E-state index contributed by atoms with van der Waals surface area (Å²) in [5, 5.41) is 4.21. The number of nitrogens with zero attached hydrogens (tertiary/aromatic N) is 2. The first-order valence-corrected chi connectivity index (χ1v) is 5.56. The van der Waals surface area contributed by atoms with Crippen molar-refractivity contribution in [1.29, 1.82) is 0 Å². The molecule has 0 radical (unpaired) electrons. The second kappa shape index (κ2) is 4.93. The van der Waals surface area contributed by atoms with E-state index in [0.29, 0.717) is 18.5 Å². The number of aryl methyl sites for hydroxylation is 1. The van der Waals surface area contributed by atoms with Crippen LogP contribution in [0.3, 0.4) is 0 Å². The van der Waals surface area contributed by atoms with Crippen LogP contribution >= 0.6 is 0 Å². The van der Waals surface area contributed by atoms with Crippen molar-refractivity contribution in [2.24, 2.45) is 5.73 Å². The summed E-state index contributed by atoms with van der Waals surface area (Å²) < 4.78 is 1.83. The summed E-state index contributed by atoms with van der Waals surface area (Å²) in [7, 11) is 0. The van der Waals surface area contributed by atoms with Gasteiger partial charge in [0.1, 0.15) is 0 Å². The van der Waals surface area contributed by atoms with Gasteiger partial charge in [-0.15, -0.1) is 0 Å². The van der Waals surface area contributed by atoms with Gasteiger partial charge in [-0.2, -0.15) is 5.10 Å². The van der Waals surface area contributed by atoms with Crippen LogP contribution in [0.25, 0.3) is 5.69 Å². The van der Waals surface area contributed by atoms with Crippen LogP contribution in [0, 0.1) is 6.92 Å². The molecule has 1 aromatic heterocycles. The summed E-state index contributed by atoms with van der Waals surface area (Å²) >= 11 is 0. The molecule has 88 valence electrons. The van der Waals surface area contributed by atoms with Crippen LogP contribution in [-0.4, -0.2) is 22.1 Å². The summed E-state index contributed by atoms with van der Waals surface area (Å²) in [6.45, 7) is 2.37. The third kappa shape index (κ3) is 2.42. The second-order valence-corrected chi connectivity index (χ2v) is 3.89. The molecule has 4 nitrogen and oxygen atoms in total. The Kier molecular flexibility index (Phi) is 3.35. The maximum absolute atomic E-state index is 11.6. The molecule has 0 bridgehead atoms. The number of carbonyl (C=O) groups is 1. The molecule has 2 N–H and O–H groups in total. The SMILES string of the molecule is Cc1ccnn1-c1ccc(C(=O)CCN)cc1. The quantitative estimate of drug-likeness (QED) is 0.812. The highest BCUT2D eigenvalue weighted by Crippen LogP contribution is 2.12. The smallest absolute Gasteiger partial charge is 0.164 e. The molecule has 0 saturated carbocycles. The third-order valence-electron chi connectivity index (χ3n) is 2.64. The molecule has 0 amide bonds. The van der Waals surface area contributed by atoms with Crippen LogP contribution in [0.2, 0.25) is 0 Å². The molecular weight excluding hydrogens is 214 g/mol. The van der Waals surface area contributed by atoms with E-state index < -0.39 is 0 Å². The molecule has 17 heavy (non-hydrogen) atoms. The fraction of sp³-hybridized carbons (Fsp3) is 0.231. The molecule has 0 fully saturated rings. The molecule has 0 saturated heterocycles. The second-order valence-electron chi connectivity index (χ2n) is 3.89. The lowest BCUT2D eigenvalue weighted by molar-refractivity contribution is 0.0985. The number of benzene rings is 1. The summed E-state index contributed by atoms with van der Waals surface area (Å²) in [6.07, 6.45) is 2.14. The Balaban J connectivity index is 2.25. The molecule has 1 heterocycles. The Bertz CT molecular complexity index is 514. The van der Waals surface area contributed by atoms with Gasteiger partial charge >= 0.3 is 0 Å². The van der Waals surface area contributed by atoms with E-state index in [-0.39, 0.29) is 5.78 Å². The highest BCUT2D eigenvalue weighted by atomic mass is 16.1. The predicted octanol–water partition coefficient (Wildman–Crippen LogP) is 1.71. The topological polar surface area (TPSA) is 60.9 Å². The van der Waals surface area contributed by atoms with Crippen molar-refractivity contribution in [1.82, 2.24) is 9.78 Å². The molecule has 4 heteroatoms. The Labute approximate surface area is 100 Å². The molecule has 0 aliphatic carbocycles. The number of hydrogen-bond donors (Lipinski definition) is 1. The van der Waals surface area contributed by atoms with Crippen LogP contribution in [0.4, 0.5) is 0 Å². The van der Waals surface area contributed by atoms with Crippen LogP contribution in [0.15, 0.2) is 36.5 Å². The fourth-order valence-electron chi connectivity index (χ4n) is 1.70. The van der Waals surface area contributed by atoms with Gasteiger partial charge in [0.2, 0.25) is 0 Å². The lowest BCUT2D eigenvalue weighted by Gasteiger charge is -2.05. The molecule has 0 aliphatic rings. The summed E-state index contributed by atoms with van der Waals surface area (Å²) in [6, 6.07) is 9.35. The molecule has 0 atom stereocenters. The van der Waals surface area contributed by atoms with Gasteiger partial charge in [0.05, 0.1) is 5.69 Å². The Morgan fingerprint density at radius 1 is 1.29 bits per heavy atom. The van der Waals surface area contributed by atoms with E-state index in [1.807, 2.05) is 41.9 Å². The molecule has 0 unspecified atom stereocenters. The van der Waals surface area contributed by atoms with Gasteiger partial charge in [-0.1, -0.05) is 0 Å². The zero-order valence-electron chi connectivity index (χ0n) is 9.76. The normalized spacial score (nSPS) is 10.5. The van der Waals surface area contributed by atoms with Crippen LogP contribution in [0.1, 0.15) is 22.5 Å². The van der Waals surface area contributed by atoms with Gasteiger partial charge in [-0.05, 0) is 43.8 Å². The van der Waals surface area contributed by atoms with Gasteiger partial charge < -0.3 is 5.73 Å². The zero-order chi connectivity index (χ0) is 12.3. The third-order valence-corrected chi connectivity index (χ3v) is 2.64. The van der Waals surface area contributed by atoms with E-state index >= 15 is 0 Å². The van der Waals surface area contributed by atoms with Crippen molar-refractivity contribution in [3.63, 3.8) is 0 Å². The monoisotopic (exact) mass is 229 g/mol. The average molecular weight is 229 g/mol. The van der Waals surface area contributed by atoms with Crippen molar-refractivity contribution in [2.45, 2.75) is 13.3 Å². The van der Waals surface area contributed by atoms with E-state index in [4.69, 9.17) is 5.73 Å². The zero-order valence-corrected chi connectivity index (χ0v) is 9.76. The van der Waals surface area contributed by atoms with E-state index in [0.717, 1.165) is 11.4 Å². The molecule has 1 aromatic carbocycles. The largest absolute Gasteiger partial charge is 0.330 e. The van der Waals surface area contributed by atoms with E-state index in [2.05, 4.69) is 5.10 Å². The Morgan fingerprint density at radius 2 is 2.00 bits per heavy atom. The van der Waals surface area contributed by atoms with E-state index in [9.17, 15) is 4.79 Å². The molecule has 2 aromatic rings. The molecule has 0 spiro atoms. The minimum Gasteiger partial charge on any atom is -0.330 e. The number of aromatic nitrogens is 2. The van der Waals surface area contributed by atoms with Gasteiger partial charge in [-0.3, -0.25) is 4.79 Å². The highest BCUT2D eigenvalue weighted by Gasteiger charge is 2.05. The van der Waals surface area contributed by atoms with E-state index in [1.165, 1.54) is 0 Å². The minimum absolute atomic E-state index is 0.0798. The van der Waals surface area contributed by atoms with Gasteiger partial charge in [0, 0.05) is 23.9 Å². The number of hydrogen-bond acceptors (Lipinski definition) is 3. The summed E-state index contributed by atoms with van der Waals surface area (Å²) in [5.74, 6) is 0.0798. The fourth-order valence-corrected chi connectivity index (χ4v) is 1.70. The Morgan fingerprint density at radius 3 is 2.53 bits per heavy atom. The molecular formula is C13H15N3O. The molecule has 2 rings (SSSR count). The average Bonchev–Trinajstić information content (AvgIpc) is 2.76. The maximum Gasteiger partial charge on any atom is 0.164 e. The van der Waals surface area contributed by atoms with Crippen LogP contribution < -0.4 is 5.73 Å². The predicted molar refractivity (Wildman–Crippen MR) is 66.3 cm³/mol. The first kappa shape index (κ1) is 11.5. The number of carbonyl (C=O) groups excluding carboxylic acids is 1. The summed E-state index contributed by atoms with van der Waals surface area (Å²) in [4.78, 5) is 11.6. The van der Waals surface area contributed by atoms with Crippen molar-refractivity contribution < 1.29 is 4.79 Å². The highest BCUT2D eigenvalue weighted by molar-refractivity contribution is 5.96. The van der Waals surface area contributed by atoms with Crippen molar-refractivity contribution in [3.8, 4) is 5.69 Å². The number of rotatable bonds is 4. The Hall–Kier alpha value is -1.94. The lowest BCUT2D eigenvalue weighted by atomic mass is 10.1. The van der Waals surface area contributed by atoms with Crippen molar-refractivity contribution in [3.05, 3.63) is 47.8 Å². The number of ketones is 1. The van der Waals surface area contributed by atoms with Gasteiger partial charge in [0.15, 0.2) is 5.78 Å².